The summed E-state index contributed by atoms with van der Waals surface area (Å²) < 4.78 is 0. The second-order valence-electron chi connectivity index (χ2n) is 16.6. The average Bonchev–Trinajstić information content (AvgIpc) is 3.40. The first-order valence-corrected chi connectivity index (χ1v) is 18.8. The van der Waals surface area contributed by atoms with Gasteiger partial charge in [-0.3, -0.25) is 0 Å². The molecule has 3 aliphatic rings. The van der Waals surface area contributed by atoms with Gasteiger partial charge in [-0.05, 0) is 127 Å². The third-order valence-electron chi connectivity index (χ3n) is 11.0. The molecule has 0 saturated carbocycles. The molecule has 2 aliphatic heterocycles. The minimum Gasteiger partial charge on any atom is -0.310 e. The van der Waals surface area contributed by atoms with Gasteiger partial charge >= 0.3 is 0 Å². The van der Waals surface area contributed by atoms with Gasteiger partial charge in [-0.2, -0.15) is 0 Å². The summed E-state index contributed by atoms with van der Waals surface area (Å²) in [6.45, 7) is 14.3. The highest BCUT2D eigenvalue weighted by molar-refractivity contribution is 6.10. The van der Waals surface area contributed by atoms with Gasteiger partial charge in [-0.25, -0.2) is 0 Å². The van der Waals surface area contributed by atoms with E-state index < -0.39 is 0 Å². The van der Waals surface area contributed by atoms with E-state index in [0.29, 0.717) is 0 Å². The topological polar surface area (TPSA) is 6.48 Å². The molecule has 0 bridgehead atoms. The van der Waals surface area contributed by atoms with Crippen LogP contribution >= 0.6 is 0 Å². The van der Waals surface area contributed by atoms with Crippen molar-refractivity contribution in [1.29, 1.82) is 0 Å². The van der Waals surface area contributed by atoms with Gasteiger partial charge in [0.25, 0.3) is 0 Å². The Morgan fingerprint density at radius 3 is 1.38 bits per heavy atom. The highest BCUT2D eigenvalue weighted by Crippen LogP contribution is 2.49. The molecule has 0 saturated heterocycles. The molecule has 9 rings (SSSR count). The Morgan fingerprint density at radius 2 is 0.885 bits per heavy atom. The molecule has 0 spiro atoms. The molecule has 2 nitrogen and oxygen atoms in total. The second-order valence-corrected chi connectivity index (χ2v) is 16.6. The van der Waals surface area contributed by atoms with E-state index in [-0.39, 0.29) is 10.8 Å². The Balaban J connectivity index is 1.33. The maximum absolute atomic E-state index is 2.50. The first-order valence-electron chi connectivity index (χ1n) is 18.8. The highest BCUT2D eigenvalue weighted by Gasteiger charge is 2.30. The SMILES string of the molecule is CC(C)(C)c1c2ccc(N3c4ccccc4C=Cc4ccccc43)cc2c(C(C)(C)C)c2ccc(N3C4=C(C=Cc5ccccc53)CCC=C4)cc12. The molecule has 2 heterocycles. The molecule has 52 heavy (non-hydrogen) atoms. The lowest BCUT2D eigenvalue weighted by atomic mass is 9.74. The van der Waals surface area contributed by atoms with E-state index in [1.165, 1.54) is 89.1 Å². The van der Waals surface area contributed by atoms with Crippen molar-refractivity contribution < 1.29 is 0 Å². The number of hydrogen-bond acceptors (Lipinski definition) is 2. The third kappa shape index (κ3) is 5.23. The average molecular weight is 675 g/mol. The molecule has 6 aromatic carbocycles. The van der Waals surface area contributed by atoms with Gasteiger partial charge in [-0.15, -0.1) is 0 Å². The Kier molecular flexibility index (Phi) is 7.45. The lowest BCUT2D eigenvalue weighted by molar-refractivity contribution is 0.593. The minimum absolute atomic E-state index is 0.105. The van der Waals surface area contributed by atoms with Gasteiger partial charge in [0.1, 0.15) is 0 Å². The number of nitrogens with zero attached hydrogens (tertiary/aromatic N) is 2. The monoisotopic (exact) mass is 674 g/mol. The molecule has 0 atom stereocenters. The molecule has 256 valence electrons. The molecule has 0 radical (unpaired) electrons. The van der Waals surface area contributed by atoms with Crippen LogP contribution in [0.1, 0.15) is 82.2 Å². The van der Waals surface area contributed by atoms with Crippen LogP contribution in [0, 0.1) is 0 Å². The molecule has 0 fully saturated rings. The fraction of sp³-hybridized carbons (Fsp3) is 0.200. The largest absolute Gasteiger partial charge is 0.310 e. The van der Waals surface area contributed by atoms with Crippen molar-refractivity contribution in [3.8, 4) is 0 Å². The van der Waals surface area contributed by atoms with E-state index in [1.54, 1.807) is 0 Å². The highest BCUT2D eigenvalue weighted by atomic mass is 15.2. The molecule has 0 N–H and O–H groups in total. The molecule has 6 aromatic rings. The van der Waals surface area contributed by atoms with Crippen LogP contribution in [-0.4, -0.2) is 0 Å². The lowest BCUT2D eigenvalue weighted by Crippen LogP contribution is -2.20. The Bertz CT molecular complexity index is 2490. The second kappa shape index (κ2) is 12.0. The fourth-order valence-electron chi connectivity index (χ4n) is 8.84. The summed E-state index contributed by atoms with van der Waals surface area (Å²) in [4.78, 5) is 4.95. The number of rotatable bonds is 2. The minimum atomic E-state index is -0.107. The van der Waals surface area contributed by atoms with E-state index in [4.69, 9.17) is 0 Å². The summed E-state index contributed by atoms with van der Waals surface area (Å²) in [5.41, 5.74) is 14.9. The zero-order valence-electron chi connectivity index (χ0n) is 31.2. The standard InChI is InChI=1S/C50H46N2/c1-49(2,3)47-39-29-27-38(52-45-21-13-9-17-35(45)25-26-36-18-10-14-22-46(36)52)32-42(39)48(50(4,5)6)40-30-28-37(31-41(40)47)51-43-19-11-7-15-33(43)23-24-34-16-8-12-20-44(34)51/h7-9,11-17,19-32H,10,18H2,1-6H3. The number of benzene rings is 6. The van der Waals surface area contributed by atoms with E-state index >= 15 is 0 Å². The van der Waals surface area contributed by atoms with Crippen LogP contribution in [0.3, 0.4) is 0 Å². The maximum Gasteiger partial charge on any atom is 0.0534 e. The van der Waals surface area contributed by atoms with E-state index in [2.05, 4.69) is 197 Å². The Hall–Kier alpha value is -5.60. The first kappa shape index (κ1) is 32.3. The number of para-hydroxylation sites is 3. The van der Waals surface area contributed by atoms with Gasteiger partial charge in [0, 0.05) is 17.1 Å². The molecule has 2 heteroatoms. The maximum atomic E-state index is 2.50. The van der Waals surface area contributed by atoms with Crippen LogP contribution in [0.15, 0.2) is 139 Å². The van der Waals surface area contributed by atoms with Crippen LogP contribution in [-0.2, 0) is 10.8 Å². The molecular formula is C50H46N2. The zero-order valence-corrected chi connectivity index (χ0v) is 31.2. The van der Waals surface area contributed by atoms with Gasteiger partial charge < -0.3 is 9.80 Å². The molecule has 0 aromatic heterocycles. The van der Waals surface area contributed by atoms with Gasteiger partial charge in [0.2, 0.25) is 0 Å². The molecule has 0 amide bonds. The summed E-state index contributed by atoms with van der Waals surface area (Å²) in [7, 11) is 0. The van der Waals surface area contributed by atoms with Crippen molar-refractivity contribution in [3.63, 3.8) is 0 Å². The summed E-state index contributed by atoms with van der Waals surface area (Å²) in [5.74, 6) is 0. The smallest absolute Gasteiger partial charge is 0.0534 e. The van der Waals surface area contributed by atoms with E-state index in [0.717, 1.165) is 12.8 Å². The lowest BCUT2D eigenvalue weighted by Gasteiger charge is -2.34. The molecular weight excluding hydrogens is 629 g/mol. The van der Waals surface area contributed by atoms with Gasteiger partial charge in [-0.1, -0.05) is 139 Å². The summed E-state index contributed by atoms with van der Waals surface area (Å²) in [5, 5.41) is 5.32. The number of fused-ring (bicyclic) bond motifs is 5. The number of anilines is 5. The van der Waals surface area contributed by atoms with E-state index in [9.17, 15) is 0 Å². The van der Waals surface area contributed by atoms with Gasteiger partial charge in [0.15, 0.2) is 0 Å². The molecule has 1 aliphatic carbocycles. The van der Waals surface area contributed by atoms with Crippen LogP contribution in [0.2, 0.25) is 0 Å². The summed E-state index contributed by atoms with van der Waals surface area (Å²) in [6, 6.07) is 40.8. The number of hydrogen-bond donors (Lipinski definition) is 0. The van der Waals surface area contributed by atoms with Gasteiger partial charge in [0.05, 0.1) is 17.1 Å². The summed E-state index contributed by atoms with van der Waals surface area (Å²) >= 11 is 0. The number of allylic oxidation sites excluding steroid dienone is 4. The summed E-state index contributed by atoms with van der Waals surface area (Å²) in [6.07, 6.45) is 15.9. The fourth-order valence-corrected chi connectivity index (χ4v) is 8.84. The molecule has 0 unspecified atom stereocenters. The normalized spacial score (nSPS) is 15.3. The Morgan fingerprint density at radius 1 is 0.442 bits per heavy atom. The third-order valence-corrected chi connectivity index (χ3v) is 11.0. The van der Waals surface area contributed by atoms with Crippen molar-refractivity contribution in [1.82, 2.24) is 0 Å². The van der Waals surface area contributed by atoms with Crippen LogP contribution < -0.4 is 9.80 Å². The van der Waals surface area contributed by atoms with Crippen molar-refractivity contribution in [2.75, 3.05) is 9.80 Å². The predicted molar refractivity (Wildman–Crippen MR) is 225 cm³/mol. The Labute approximate surface area is 308 Å². The van der Waals surface area contributed by atoms with Crippen molar-refractivity contribution in [2.24, 2.45) is 0 Å². The first-order chi connectivity index (χ1) is 25.1. The van der Waals surface area contributed by atoms with Crippen molar-refractivity contribution >= 4 is 68.2 Å². The van der Waals surface area contributed by atoms with Crippen LogP contribution in [0.4, 0.5) is 28.4 Å². The predicted octanol–water partition coefficient (Wildman–Crippen LogP) is 14.3. The quantitative estimate of drug-likeness (QED) is 0.168. The zero-order chi connectivity index (χ0) is 35.8. The van der Waals surface area contributed by atoms with E-state index in [1.807, 2.05) is 0 Å². The van der Waals surface area contributed by atoms with Crippen molar-refractivity contribution in [2.45, 2.75) is 65.2 Å². The van der Waals surface area contributed by atoms with Crippen molar-refractivity contribution in [3.05, 3.63) is 167 Å². The van der Waals surface area contributed by atoms with Crippen LogP contribution in [0.5, 0.6) is 0 Å². The van der Waals surface area contributed by atoms with Crippen LogP contribution in [0.25, 0.3) is 39.8 Å².